The number of para-hydroxylation sites is 1. The largest absolute Gasteiger partial charge is 0.459 e. The minimum absolute atomic E-state index is 0.169. The summed E-state index contributed by atoms with van der Waals surface area (Å²) in [6.45, 7) is 6.05. The third-order valence-corrected chi connectivity index (χ3v) is 5.43. The van der Waals surface area contributed by atoms with Gasteiger partial charge in [-0.15, -0.1) is 0 Å². The number of rotatable bonds is 7. The van der Waals surface area contributed by atoms with E-state index in [1.807, 2.05) is 75.4 Å². The molecule has 6 heteroatoms. The van der Waals surface area contributed by atoms with Crippen molar-refractivity contribution in [3.05, 3.63) is 77.6 Å². The Morgan fingerprint density at radius 2 is 1.75 bits per heavy atom. The Morgan fingerprint density at radius 1 is 1.03 bits per heavy atom. The zero-order chi connectivity index (χ0) is 22.7. The Morgan fingerprint density at radius 3 is 2.50 bits per heavy atom. The highest BCUT2D eigenvalue weighted by Gasteiger charge is 2.25. The van der Waals surface area contributed by atoms with Gasteiger partial charge in [0, 0.05) is 16.3 Å². The summed E-state index contributed by atoms with van der Waals surface area (Å²) in [6, 6.07) is 18.5. The molecule has 2 aromatic carbocycles. The number of aryl methyl sites for hydroxylation is 1. The highest BCUT2D eigenvalue weighted by molar-refractivity contribution is 6.10. The molecule has 2 heterocycles. The lowest BCUT2D eigenvalue weighted by Crippen LogP contribution is -2.43. The van der Waals surface area contributed by atoms with E-state index in [0.29, 0.717) is 6.42 Å². The molecule has 0 aliphatic heterocycles. The van der Waals surface area contributed by atoms with Crippen molar-refractivity contribution in [1.29, 1.82) is 0 Å². The first-order valence-corrected chi connectivity index (χ1v) is 10.8. The second kappa shape index (κ2) is 9.22. The lowest BCUT2D eigenvalue weighted by molar-refractivity contribution is -0.147. The predicted molar refractivity (Wildman–Crippen MR) is 125 cm³/mol. The SMILES string of the molecule is Cc1nc(C(=O)N[C@@H](CC(C)C)C(=O)OCc2ccccc2)cc2c1[nH]c1ccccc12. The zero-order valence-electron chi connectivity index (χ0n) is 18.5. The normalized spacial score (nSPS) is 12.2. The molecule has 4 rings (SSSR count). The number of aromatic nitrogens is 2. The lowest BCUT2D eigenvalue weighted by atomic mass is 10.0. The van der Waals surface area contributed by atoms with Crippen molar-refractivity contribution in [3.8, 4) is 0 Å². The molecular weight excluding hydrogens is 402 g/mol. The van der Waals surface area contributed by atoms with Crippen LogP contribution < -0.4 is 5.32 Å². The first-order chi connectivity index (χ1) is 15.4. The monoisotopic (exact) mass is 429 g/mol. The molecule has 1 atom stereocenters. The first kappa shape index (κ1) is 21.6. The number of pyridine rings is 1. The van der Waals surface area contributed by atoms with Crippen LogP contribution >= 0.6 is 0 Å². The summed E-state index contributed by atoms with van der Waals surface area (Å²) in [6.07, 6.45) is 0.480. The fraction of sp³-hybridized carbons (Fsp3) is 0.269. The number of nitrogens with zero attached hydrogens (tertiary/aromatic N) is 1. The molecule has 0 bridgehead atoms. The van der Waals surface area contributed by atoms with Gasteiger partial charge in [0.25, 0.3) is 5.91 Å². The van der Waals surface area contributed by atoms with Crippen LogP contribution in [-0.2, 0) is 16.1 Å². The predicted octanol–water partition coefficient (Wildman–Crippen LogP) is 4.91. The van der Waals surface area contributed by atoms with Crippen LogP contribution in [0.3, 0.4) is 0 Å². The van der Waals surface area contributed by atoms with E-state index in [1.54, 1.807) is 6.07 Å². The molecule has 6 nitrogen and oxygen atoms in total. The molecular formula is C26H27N3O3. The van der Waals surface area contributed by atoms with Gasteiger partial charge in [0.2, 0.25) is 0 Å². The molecule has 0 saturated carbocycles. The van der Waals surface area contributed by atoms with Crippen molar-refractivity contribution < 1.29 is 14.3 Å². The van der Waals surface area contributed by atoms with Crippen LogP contribution in [0.15, 0.2) is 60.7 Å². The molecule has 0 saturated heterocycles. The number of H-pyrrole nitrogens is 1. The Bertz CT molecular complexity index is 1260. The number of nitrogens with one attached hydrogen (secondary N) is 2. The lowest BCUT2D eigenvalue weighted by Gasteiger charge is -2.19. The van der Waals surface area contributed by atoms with Crippen molar-refractivity contribution in [3.63, 3.8) is 0 Å². The van der Waals surface area contributed by atoms with E-state index in [0.717, 1.165) is 33.1 Å². The molecule has 2 N–H and O–H groups in total. The maximum absolute atomic E-state index is 13.1. The number of amides is 1. The number of benzene rings is 2. The minimum Gasteiger partial charge on any atom is -0.459 e. The molecule has 32 heavy (non-hydrogen) atoms. The van der Waals surface area contributed by atoms with Crippen LogP contribution in [0.2, 0.25) is 0 Å². The van der Waals surface area contributed by atoms with Crippen molar-refractivity contribution in [2.45, 2.75) is 39.8 Å². The van der Waals surface area contributed by atoms with Gasteiger partial charge in [0.1, 0.15) is 18.3 Å². The van der Waals surface area contributed by atoms with Gasteiger partial charge in [0.05, 0.1) is 11.2 Å². The van der Waals surface area contributed by atoms with Crippen molar-refractivity contribution in [2.24, 2.45) is 5.92 Å². The average Bonchev–Trinajstić information content (AvgIpc) is 3.17. The van der Waals surface area contributed by atoms with Gasteiger partial charge in [-0.2, -0.15) is 0 Å². The molecule has 0 aliphatic carbocycles. The highest BCUT2D eigenvalue weighted by Crippen LogP contribution is 2.27. The molecule has 164 valence electrons. The van der Waals surface area contributed by atoms with Gasteiger partial charge < -0.3 is 15.0 Å². The fourth-order valence-electron chi connectivity index (χ4n) is 3.87. The Labute approximate surface area is 187 Å². The number of carbonyl (C=O) groups excluding carboxylic acids is 2. The third-order valence-electron chi connectivity index (χ3n) is 5.43. The maximum Gasteiger partial charge on any atom is 0.328 e. The van der Waals surface area contributed by atoms with E-state index >= 15 is 0 Å². The van der Waals surface area contributed by atoms with E-state index in [2.05, 4.69) is 15.3 Å². The van der Waals surface area contributed by atoms with Gasteiger partial charge in [-0.3, -0.25) is 4.79 Å². The van der Waals surface area contributed by atoms with Crippen molar-refractivity contribution in [2.75, 3.05) is 0 Å². The minimum atomic E-state index is -0.744. The van der Waals surface area contributed by atoms with Crippen molar-refractivity contribution in [1.82, 2.24) is 15.3 Å². The standard InChI is InChI=1S/C26H27N3O3/c1-16(2)13-23(26(31)32-15-18-9-5-4-6-10-18)29-25(30)22-14-20-19-11-7-8-12-21(19)28-24(20)17(3)27-22/h4-12,14,16,23,28H,13,15H2,1-3H3,(H,29,30)/t23-/m0/s1. The van der Waals surface area contributed by atoms with Gasteiger partial charge in [0.15, 0.2) is 0 Å². The average molecular weight is 430 g/mol. The Balaban J connectivity index is 1.55. The topological polar surface area (TPSA) is 84.1 Å². The smallest absolute Gasteiger partial charge is 0.328 e. The molecule has 0 unspecified atom stereocenters. The number of hydrogen-bond donors (Lipinski definition) is 2. The molecule has 0 fully saturated rings. The van der Waals surface area contributed by atoms with Crippen LogP contribution in [-0.4, -0.2) is 27.9 Å². The zero-order valence-corrected chi connectivity index (χ0v) is 18.5. The van der Waals surface area contributed by atoms with Crippen LogP contribution in [0.25, 0.3) is 21.8 Å². The van der Waals surface area contributed by atoms with Crippen LogP contribution in [0.4, 0.5) is 0 Å². The third kappa shape index (κ3) is 4.64. The fourth-order valence-corrected chi connectivity index (χ4v) is 3.87. The van der Waals surface area contributed by atoms with E-state index in [9.17, 15) is 9.59 Å². The summed E-state index contributed by atoms with van der Waals surface area (Å²) in [5.41, 5.74) is 3.81. The number of esters is 1. The van der Waals surface area contributed by atoms with E-state index < -0.39 is 12.0 Å². The molecule has 0 radical (unpaired) electrons. The second-order valence-corrected chi connectivity index (χ2v) is 8.43. The summed E-state index contributed by atoms with van der Waals surface area (Å²) in [4.78, 5) is 33.7. The van der Waals surface area contributed by atoms with Gasteiger partial charge in [-0.25, -0.2) is 9.78 Å². The summed E-state index contributed by atoms with van der Waals surface area (Å²) in [5.74, 6) is -0.626. The van der Waals surface area contributed by atoms with Gasteiger partial charge >= 0.3 is 5.97 Å². The maximum atomic E-state index is 13.1. The van der Waals surface area contributed by atoms with Gasteiger partial charge in [-0.1, -0.05) is 62.4 Å². The Kier molecular flexibility index (Phi) is 6.21. The molecule has 2 aromatic heterocycles. The van der Waals surface area contributed by atoms with Crippen LogP contribution in [0.1, 0.15) is 42.0 Å². The number of hydrogen-bond acceptors (Lipinski definition) is 4. The van der Waals surface area contributed by atoms with Crippen molar-refractivity contribution >= 4 is 33.7 Å². The summed E-state index contributed by atoms with van der Waals surface area (Å²) in [5, 5.41) is 4.81. The quantitative estimate of drug-likeness (QED) is 0.409. The molecule has 1 amide bonds. The molecule has 0 aliphatic rings. The number of fused-ring (bicyclic) bond motifs is 3. The number of carbonyl (C=O) groups is 2. The first-order valence-electron chi connectivity index (χ1n) is 10.8. The highest BCUT2D eigenvalue weighted by atomic mass is 16.5. The molecule has 4 aromatic rings. The summed E-state index contributed by atoms with van der Waals surface area (Å²) >= 11 is 0. The summed E-state index contributed by atoms with van der Waals surface area (Å²) in [7, 11) is 0. The van der Waals surface area contributed by atoms with Crippen LogP contribution in [0.5, 0.6) is 0 Å². The second-order valence-electron chi connectivity index (χ2n) is 8.43. The number of ether oxygens (including phenoxy) is 1. The van der Waals surface area contributed by atoms with Gasteiger partial charge in [-0.05, 0) is 37.0 Å². The number of aromatic amines is 1. The van der Waals surface area contributed by atoms with E-state index in [4.69, 9.17) is 4.74 Å². The Hall–Kier alpha value is -3.67. The van der Waals surface area contributed by atoms with Crippen LogP contribution in [0, 0.1) is 12.8 Å². The summed E-state index contributed by atoms with van der Waals surface area (Å²) < 4.78 is 5.49. The molecule has 0 spiro atoms. The van der Waals surface area contributed by atoms with E-state index in [-0.39, 0.29) is 24.1 Å². The van der Waals surface area contributed by atoms with E-state index in [1.165, 1.54) is 0 Å².